The molecule has 1 heterocycles. The molecule has 0 saturated carbocycles. The van der Waals surface area contributed by atoms with Gasteiger partial charge in [-0.15, -0.1) is 11.3 Å². The number of amides is 2. The summed E-state index contributed by atoms with van der Waals surface area (Å²) in [7, 11) is 0. The standard InChI is InChI=1S/C15H15ClN2O3S/c1-9(13-3-2-6-22-13)18-14(19)8-21-12-5-4-10(16)7-11(12)15(17)20/h2-7,9H,8H2,1H3,(H2,17,20)(H,18,19). The molecular formula is C15H15ClN2O3S. The molecule has 0 aliphatic carbocycles. The van der Waals surface area contributed by atoms with Crippen LogP contribution in [0.15, 0.2) is 35.7 Å². The monoisotopic (exact) mass is 338 g/mol. The molecule has 2 aromatic rings. The Morgan fingerprint density at radius 1 is 1.41 bits per heavy atom. The lowest BCUT2D eigenvalue weighted by molar-refractivity contribution is -0.123. The maximum atomic E-state index is 11.9. The summed E-state index contributed by atoms with van der Waals surface area (Å²) >= 11 is 7.37. The Morgan fingerprint density at radius 2 is 2.18 bits per heavy atom. The number of carbonyl (C=O) groups excluding carboxylic acids is 2. The molecule has 116 valence electrons. The van der Waals surface area contributed by atoms with E-state index in [1.807, 2.05) is 24.4 Å². The van der Waals surface area contributed by atoms with Gasteiger partial charge in [0.15, 0.2) is 6.61 Å². The Hall–Kier alpha value is -2.05. The topological polar surface area (TPSA) is 81.4 Å². The van der Waals surface area contributed by atoms with E-state index >= 15 is 0 Å². The molecule has 0 aliphatic heterocycles. The molecule has 22 heavy (non-hydrogen) atoms. The van der Waals surface area contributed by atoms with E-state index in [-0.39, 0.29) is 29.9 Å². The maximum Gasteiger partial charge on any atom is 0.258 e. The Labute approximate surface area is 137 Å². The maximum absolute atomic E-state index is 11.9. The van der Waals surface area contributed by atoms with Gasteiger partial charge in [0.2, 0.25) is 0 Å². The predicted molar refractivity (Wildman–Crippen MR) is 86.3 cm³/mol. The molecule has 2 amide bonds. The third kappa shape index (κ3) is 4.22. The van der Waals surface area contributed by atoms with E-state index < -0.39 is 5.91 Å². The Kier molecular flexibility index (Phi) is 5.41. The number of primary amides is 1. The minimum Gasteiger partial charge on any atom is -0.483 e. The molecule has 0 radical (unpaired) electrons. The number of thiophene rings is 1. The lowest BCUT2D eigenvalue weighted by atomic mass is 10.2. The van der Waals surface area contributed by atoms with Crippen LogP contribution < -0.4 is 15.8 Å². The molecule has 0 saturated heterocycles. The zero-order valence-electron chi connectivity index (χ0n) is 11.8. The lowest BCUT2D eigenvalue weighted by Gasteiger charge is -2.14. The van der Waals surface area contributed by atoms with Gasteiger partial charge in [-0.2, -0.15) is 0 Å². The van der Waals surface area contributed by atoms with Crippen LogP contribution in [0.1, 0.15) is 28.2 Å². The van der Waals surface area contributed by atoms with Crippen LogP contribution in [0.5, 0.6) is 5.75 Å². The summed E-state index contributed by atoms with van der Waals surface area (Å²) in [5.74, 6) is -0.716. The first kappa shape index (κ1) is 16.3. The van der Waals surface area contributed by atoms with Crippen LogP contribution in [-0.2, 0) is 4.79 Å². The quantitative estimate of drug-likeness (QED) is 0.849. The van der Waals surface area contributed by atoms with E-state index in [0.29, 0.717) is 5.02 Å². The zero-order chi connectivity index (χ0) is 16.1. The third-order valence-corrected chi connectivity index (χ3v) is 4.20. The van der Waals surface area contributed by atoms with E-state index in [9.17, 15) is 9.59 Å². The van der Waals surface area contributed by atoms with Crippen molar-refractivity contribution in [2.75, 3.05) is 6.61 Å². The van der Waals surface area contributed by atoms with Gasteiger partial charge in [-0.1, -0.05) is 17.7 Å². The molecule has 0 fully saturated rings. The summed E-state index contributed by atoms with van der Waals surface area (Å²) in [6.07, 6.45) is 0. The van der Waals surface area contributed by atoms with Gasteiger partial charge in [0.05, 0.1) is 11.6 Å². The molecule has 7 heteroatoms. The molecule has 1 unspecified atom stereocenters. The van der Waals surface area contributed by atoms with E-state index in [0.717, 1.165) is 4.88 Å². The summed E-state index contributed by atoms with van der Waals surface area (Å²) in [5, 5.41) is 5.13. The van der Waals surface area contributed by atoms with Crippen molar-refractivity contribution in [3.63, 3.8) is 0 Å². The van der Waals surface area contributed by atoms with Gasteiger partial charge in [-0.05, 0) is 36.6 Å². The predicted octanol–water partition coefficient (Wildman–Crippen LogP) is 2.76. The highest BCUT2D eigenvalue weighted by Crippen LogP contribution is 2.22. The summed E-state index contributed by atoms with van der Waals surface area (Å²) in [4.78, 5) is 24.3. The first-order valence-electron chi connectivity index (χ1n) is 6.52. The van der Waals surface area contributed by atoms with Gasteiger partial charge in [0, 0.05) is 9.90 Å². The number of carbonyl (C=O) groups is 2. The van der Waals surface area contributed by atoms with Gasteiger partial charge < -0.3 is 15.8 Å². The van der Waals surface area contributed by atoms with E-state index in [4.69, 9.17) is 22.1 Å². The summed E-state index contributed by atoms with van der Waals surface area (Å²) in [6.45, 7) is 1.68. The van der Waals surface area contributed by atoms with Gasteiger partial charge in [0.1, 0.15) is 5.75 Å². The molecule has 0 bridgehead atoms. The van der Waals surface area contributed by atoms with Crippen molar-refractivity contribution >= 4 is 34.8 Å². The van der Waals surface area contributed by atoms with Crippen molar-refractivity contribution in [1.82, 2.24) is 5.32 Å². The molecule has 5 nitrogen and oxygen atoms in total. The molecular weight excluding hydrogens is 324 g/mol. The molecule has 0 aliphatic rings. The van der Waals surface area contributed by atoms with Gasteiger partial charge >= 0.3 is 0 Å². The average Bonchev–Trinajstić information content (AvgIpc) is 3.00. The number of nitrogens with two attached hydrogens (primary N) is 1. The number of halogens is 1. The summed E-state index contributed by atoms with van der Waals surface area (Å²) in [5.41, 5.74) is 5.40. The normalized spacial score (nSPS) is 11.7. The Balaban J connectivity index is 1.95. The fourth-order valence-corrected chi connectivity index (χ4v) is 2.76. The third-order valence-electron chi connectivity index (χ3n) is 2.91. The highest BCUT2D eigenvalue weighted by molar-refractivity contribution is 7.10. The number of hydrogen-bond acceptors (Lipinski definition) is 4. The minimum absolute atomic E-state index is 0.100. The fraction of sp³-hybridized carbons (Fsp3) is 0.200. The van der Waals surface area contributed by atoms with E-state index in [2.05, 4.69) is 5.32 Å². The molecule has 0 spiro atoms. The minimum atomic E-state index is -0.662. The van der Waals surface area contributed by atoms with E-state index in [1.54, 1.807) is 17.4 Å². The number of hydrogen-bond donors (Lipinski definition) is 2. The average molecular weight is 339 g/mol. The number of benzene rings is 1. The summed E-state index contributed by atoms with van der Waals surface area (Å²) < 4.78 is 5.37. The Bertz CT molecular complexity index is 673. The smallest absolute Gasteiger partial charge is 0.258 e. The molecule has 1 aromatic carbocycles. The Morgan fingerprint density at radius 3 is 2.82 bits per heavy atom. The van der Waals surface area contributed by atoms with Crippen molar-refractivity contribution in [1.29, 1.82) is 0 Å². The van der Waals surface area contributed by atoms with Crippen LogP contribution in [0, 0.1) is 0 Å². The number of ether oxygens (including phenoxy) is 1. The summed E-state index contributed by atoms with van der Waals surface area (Å²) in [6, 6.07) is 8.25. The largest absolute Gasteiger partial charge is 0.483 e. The van der Waals surface area contributed by atoms with Crippen molar-refractivity contribution in [2.24, 2.45) is 5.73 Å². The second-order valence-electron chi connectivity index (χ2n) is 4.60. The molecule has 1 aromatic heterocycles. The van der Waals surface area contributed by atoms with Crippen molar-refractivity contribution < 1.29 is 14.3 Å². The molecule has 2 rings (SSSR count). The van der Waals surface area contributed by atoms with Crippen LogP contribution in [0.25, 0.3) is 0 Å². The van der Waals surface area contributed by atoms with Gasteiger partial charge in [-0.3, -0.25) is 9.59 Å². The first-order chi connectivity index (χ1) is 10.5. The molecule has 3 N–H and O–H groups in total. The number of rotatable bonds is 6. The van der Waals surface area contributed by atoms with Crippen molar-refractivity contribution in [3.05, 3.63) is 51.2 Å². The highest BCUT2D eigenvalue weighted by Gasteiger charge is 2.14. The fourth-order valence-electron chi connectivity index (χ4n) is 1.86. The molecule has 1 atom stereocenters. The van der Waals surface area contributed by atoms with Crippen LogP contribution in [0.4, 0.5) is 0 Å². The van der Waals surface area contributed by atoms with Crippen LogP contribution >= 0.6 is 22.9 Å². The first-order valence-corrected chi connectivity index (χ1v) is 7.78. The van der Waals surface area contributed by atoms with E-state index in [1.165, 1.54) is 12.1 Å². The van der Waals surface area contributed by atoms with Crippen LogP contribution in [-0.4, -0.2) is 18.4 Å². The highest BCUT2D eigenvalue weighted by atomic mass is 35.5. The van der Waals surface area contributed by atoms with Gasteiger partial charge in [-0.25, -0.2) is 0 Å². The van der Waals surface area contributed by atoms with Crippen LogP contribution in [0.3, 0.4) is 0 Å². The second-order valence-corrected chi connectivity index (χ2v) is 6.01. The van der Waals surface area contributed by atoms with Crippen LogP contribution in [0.2, 0.25) is 5.02 Å². The van der Waals surface area contributed by atoms with Gasteiger partial charge in [0.25, 0.3) is 11.8 Å². The zero-order valence-corrected chi connectivity index (χ0v) is 13.4. The van der Waals surface area contributed by atoms with Crippen molar-refractivity contribution in [3.8, 4) is 5.75 Å². The lowest BCUT2D eigenvalue weighted by Crippen LogP contribution is -2.31. The second kappa shape index (κ2) is 7.29. The van der Waals surface area contributed by atoms with Crippen molar-refractivity contribution in [2.45, 2.75) is 13.0 Å². The SMILES string of the molecule is CC(NC(=O)COc1ccc(Cl)cc1C(N)=O)c1cccs1. The number of nitrogens with one attached hydrogen (secondary N) is 1.